The van der Waals surface area contributed by atoms with Gasteiger partial charge in [-0.3, -0.25) is 9.59 Å². The summed E-state index contributed by atoms with van der Waals surface area (Å²) in [4.78, 5) is 35.4. The number of nitrogens with zero attached hydrogens (tertiary/aromatic N) is 4. The molecule has 5 aromatic rings. The van der Waals surface area contributed by atoms with Crippen LogP contribution in [0.5, 0.6) is 5.75 Å². The lowest BCUT2D eigenvalue weighted by molar-refractivity contribution is -0.116. The van der Waals surface area contributed by atoms with Crippen LogP contribution in [0.1, 0.15) is 11.3 Å². The Labute approximate surface area is 216 Å². The number of hydrogen-bond acceptors (Lipinski definition) is 7. The Morgan fingerprint density at radius 1 is 1.08 bits per heavy atom. The largest absolute Gasteiger partial charge is 0.495 e. The van der Waals surface area contributed by atoms with E-state index in [1.165, 1.54) is 13.3 Å². The molecule has 10 heteroatoms. The number of anilines is 1. The summed E-state index contributed by atoms with van der Waals surface area (Å²) < 4.78 is 12.4. The van der Waals surface area contributed by atoms with Crippen LogP contribution in [-0.2, 0) is 11.3 Å². The van der Waals surface area contributed by atoms with E-state index >= 15 is 0 Å². The second-order valence-electron chi connectivity index (χ2n) is 8.51. The first-order valence-corrected chi connectivity index (χ1v) is 11.8. The third-order valence-corrected chi connectivity index (χ3v) is 6.01. The van der Waals surface area contributed by atoms with Crippen molar-refractivity contribution >= 4 is 34.2 Å². The molecule has 0 unspecified atom stereocenters. The Bertz CT molecular complexity index is 1690. The lowest BCUT2D eigenvalue weighted by Gasteiger charge is -2.14. The number of rotatable bonds is 6. The molecule has 1 amide bonds. The summed E-state index contributed by atoms with van der Waals surface area (Å²) in [5.41, 5.74) is 3.11. The molecule has 3 heterocycles. The molecule has 0 saturated carbocycles. The summed E-state index contributed by atoms with van der Waals surface area (Å²) in [5.74, 6) is 0.561. The van der Waals surface area contributed by atoms with Crippen LogP contribution in [0.3, 0.4) is 0 Å². The Kier molecular flexibility index (Phi) is 6.45. The van der Waals surface area contributed by atoms with Crippen LogP contribution >= 0.6 is 11.6 Å². The SMILES string of the molecule is COc1ccc(C)cc1NC(=O)Cn1cc(-c2nc(-c3ccc(Cl)cc3)no2)c(=O)c2ccc(C)nc21. The van der Waals surface area contributed by atoms with Crippen molar-refractivity contribution in [3.8, 4) is 28.6 Å². The topological polar surface area (TPSA) is 112 Å². The minimum absolute atomic E-state index is 0.0342. The summed E-state index contributed by atoms with van der Waals surface area (Å²) >= 11 is 5.97. The van der Waals surface area contributed by atoms with Gasteiger partial charge in [-0.15, -0.1) is 0 Å². The van der Waals surface area contributed by atoms with E-state index in [0.29, 0.717) is 44.6 Å². The van der Waals surface area contributed by atoms with Gasteiger partial charge in [-0.05, 0) is 67.9 Å². The fourth-order valence-corrected chi connectivity index (χ4v) is 4.07. The first-order chi connectivity index (χ1) is 17.8. The minimum Gasteiger partial charge on any atom is -0.495 e. The number of pyridine rings is 2. The fourth-order valence-electron chi connectivity index (χ4n) is 3.95. The highest BCUT2D eigenvalue weighted by atomic mass is 35.5. The van der Waals surface area contributed by atoms with Crippen molar-refractivity contribution in [1.82, 2.24) is 19.7 Å². The van der Waals surface area contributed by atoms with E-state index in [0.717, 1.165) is 5.56 Å². The standard InChI is InChI=1S/C27H22ClN5O4/c1-15-4-11-22(36-3)21(12-15)30-23(34)14-33-13-20(24(35)19-10-5-16(2)29-26(19)33)27-31-25(32-37-27)17-6-8-18(28)9-7-17/h4-13H,14H2,1-3H3,(H,30,34). The highest BCUT2D eigenvalue weighted by molar-refractivity contribution is 6.30. The van der Waals surface area contributed by atoms with Crippen LogP contribution in [0.25, 0.3) is 33.9 Å². The summed E-state index contributed by atoms with van der Waals surface area (Å²) in [5, 5.41) is 7.80. The lowest BCUT2D eigenvalue weighted by Crippen LogP contribution is -2.22. The Hall–Kier alpha value is -4.50. The number of nitrogens with one attached hydrogen (secondary N) is 1. The van der Waals surface area contributed by atoms with Crippen LogP contribution in [0.15, 0.2) is 70.1 Å². The van der Waals surface area contributed by atoms with Gasteiger partial charge < -0.3 is 19.1 Å². The highest BCUT2D eigenvalue weighted by Gasteiger charge is 2.19. The van der Waals surface area contributed by atoms with Crippen LogP contribution in [0.4, 0.5) is 5.69 Å². The van der Waals surface area contributed by atoms with Crippen molar-refractivity contribution in [3.05, 3.63) is 87.3 Å². The van der Waals surface area contributed by atoms with Crippen molar-refractivity contribution < 1.29 is 14.1 Å². The highest BCUT2D eigenvalue weighted by Crippen LogP contribution is 2.26. The third kappa shape index (κ3) is 4.94. The second-order valence-corrected chi connectivity index (χ2v) is 8.94. The molecule has 0 radical (unpaired) electrons. The zero-order valence-electron chi connectivity index (χ0n) is 20.3. The molecule has 9 nitrogen and oxygen atoms in total. The Balaban J connectivity index is 1.55. The van der Waals surface area contributed by atoms with Crippen LogP contribution < -0.4 is 15.5 Å². The number of fused-ring (bicyclic) bond motifs is 1. The van der Waals surface area contributed by atoms with Crippen LogP contribution in [-0.4, -0.2) is 32.7 Å². The van der Waals surface area contributed by atoms with E-state index in [1.807, 2.05) is 26.0 Å². The maximum atomic E-state index is 13.4. The molecular formula is C27H22ClN5O4. The second kappa shape index (κ2) is 9.87. The normalized spacial score (nSPS) is 11.0. The molecule has 5 rings (SSSR count). The molecule has 0 aliphatic rings. The third-order valence-electron chi connectivity index (χ3n) is 5.76. The molecule has 0 spiro atoms. The average Bonchev–Trinajstić information content (AvgIpc) is 3.36. The van der Waals surface area contributed by atoms with Crippen LogP contribution in [0.2, 0.25) is 5.02 Å². The number of carbonyl (C=O) groups excluding carboxylic acids is 1. The maximum absolute atomic E-state index is 13.4. The van der Waals surface area contributed by atoms with Gasteiger partial charge >= 0.3 is 0 Å². The molecule has 1 N–H and O–H groups in total. The molecule has 0 atom stereocenters. The summed E-state index contributed by atoms with van der Waals surface area (Å²) in [6.45, 7) is 3.62. The molecule has 0 saturated heterocycles. The van der Waals surface area contributed by atoms with Crippen LogP contribution in [0, 0.1) is 13.8 Å². The van der Waals surface area contributed by atoms with Crippen molar-refractivity contribution in [2.75, 3.05) is 12.4 Å². The number of benzene rings is 2. The molecule has 0 aliphatic heterocycles. The number of carbonyl (C=O) groups is 1. The van der Waals surface area contributed by atoms with E-state index < -0.39 is 0 Å². The van der Waals surface area contributed by atoms with Gasteiger partial charge in [0, 0.05) is 22.5 Å². The maximum Gasteiger partial charge on any atom is 0.263 e. The molecule has 37 heavy (non-hydrogen) atoms. The number of ether oxygens (including phenoxy) is 1. The van der Waals surface area contributed by atoms with Crippen molar-refractivity contribution in [3.63, 3.8) is 0 Å². The van der Waals surface area contributed by atoms with Gasteiger partial charge in [0.1, 0.15) is 23.5 Å². The Morgan fingerprint density at radius 2 is 1.86 bits per heavy atom. The molecule has 0 bridgehead atoms. The number of halogens is 1. The van der Waals surface area contributed by atoms with E-state index in [4.69, 9.17) is 20.9 Å². The summed E-state index contributed by atoms with van der Waals surface area (Å²) in [7, 11) is 1.54. The molecule has 2 aromatic carbocycles. The molecule has 0 fully saturated rings. The quantitative estimate of drug-likeness (QED) is 0.337. The number of aromatic nitrogens is 4. The molecule has 3 aromatic heterocycles. The fraction of sp³-hybridized carbons (Fsp3) is 0.148. The van der Waals surface area contributed by atoms with E-state index in [-0.39, 0.29) is 29.3 Å². The Morgan fingerprint density at radius 3 is 2.62 bits per heavy atom. The zero-order valence-corrected chi connectivity index (χ0v) is 21.0. The van der Waals surface area contributed by atoms with Gasteiger partial charge in [0.15, 0.2) is 0 Å². The van der Waals surface area contributed by atoms with Gasteiger partial charge in [0.25, 0.3) is 5.89 Å². The summed E-state index contributed by atoms with van der Waals surface area (Å²) in [6.07, 6.45) is 1.52. The van der Waals surface area contributed by atoms with Gasteiger partial charge in [-0.25, -0.2) is 4.98 Å². The van der Waals surface area contributed by atoms with E-state index in [2.05, 4.69) is 20.4 Å². The molecule has 0 aliphatic carbocycles. The van der Waals surface area contributed by atoms with Gasteiger partial charge in [0.2, 0.25) is 17.2 Å². The number of hydrogen-bond donors (Lipinski definition) is 1. The lowest BCUT2D eigenvalue weighted by atomic mass is 10.1. The first kappa shape index (κ1) is 24.2. The number of aryl methyl sites for hydroxylation is 2. The minimum atomic E-state index is -0.328. The van der Waals surface area contributed by atoms with E-state index in [1.54, 1.807) is 47.0 Å². The molecular weight excluding hydrogens is 494 g/mol. The summed E-state index contributed by atoms with van der Waals surface area (Å²) in [6, 6.07) is 15.9. The van der Waals surface area contributed by atoms with Gasteiger partial charge in [-0.1, -0.05) is 22.8 Å². The average molecular weight is 516 g/mol. The van der Waals surface area contributed by atoms with Gasteiger partial charge in [-0.2, -0.15) is 4.98 Å². The number of methoxy groups -OCH3 is 1. The van der Waals surface area contributed by atoms with Crippen molar-refractivity contribution in [2.24, 2.45) is 0 Å². The monoisotopic (exact) mass is 515 g/mol. The van der Waals surface area contributed by atoms with Crippen molar-refractivity contribution in [2.45, 2.75) is 20.4 Å². The first-order valence-electron chi connectivity index (χ1n) is 11.4. The predicted molar refractivity (Wildman–Crippen MR) is 141 cm³/mol. The van der Waals surface area contributed by atoms with Gasteiger partial charge in [0.05, 0.1) is 18.2 Å². The predicted octanol–water partition coefficient (Wildman–Crippen LogP) is 5.03. The van der Waals surface area contributed by atoms with E-state index in [9.17, 15) is 9.59 Å². The number of amides is 1. The van der Waals surface area contributed by atoms with Crippen molar-refractivity contribution in [1.29, 1.82) is 0 Å². The smallest absolute Gasteiger partial charge is 0.263 e. The molecule has 186 valence electrons. The zero-order chi connectivity index (χ0) is 26.1.